The number of hydrogen-bond acceptors (Lipinski definition) is 8. The minimum absolute atomic E-state index is 0.157. The van der Waals surface area contributed by atoms with Crippen LogP contribution in [0.4, 0.5) is 0 Å². The van der Waals surface area contributed by atoms with E-state index in [1.54, 1.807) is 10.9 Å². The summed E-state index contributed by atoms with van der Waals surface area (Å²) in [5.41, 5.74) is 11.8. The van der Waals surface area contributed by atoms with Crippen LogP contribution in [0, 0.1) is 0 Å². The number of carbonyl (C=O) groups is 1. The summed E-state index contributed by atoms with van der Waals surface area (Å²) in [7, 11) is 0. The maximum Gasteiger partial charge on any atom is 0.273 e. The summed E-state index contributed by atoms with van der Waals surface area (Å²) in [6.07, 6.45) is 5.87. The first-order valence-electron chi connectivity index (χ1n) is 7.62. The molecule has 2 saturated heterocycles. The zero-order chi connectivity index (χ0) is 15.2. The van der Waals surface area contributed by atoms with Crippen LogP contribution in [0.3, 0.4) is 0 Å². The van der Waals surface area contributed by atoms with Crippen LogP contribution in [0.25, 0.3) is 0 Å². The number of aromatic nitrogens is 3. The van der Waals surface area contributed by atoms with E-state index in [4.69, 9.17) is 4.74 Å². The van der Waals surface area contributed by atoms with E-state index < -0.39 is 0 Å². The molecule has 5 N–H and O–H groups in total. The zero-order valence-electron chi connectivity index (χ0n) is 12.3. The Hall–Kier alpha value is -1.59. The average Bonchev–Trinajstić information content (AvgIpc) is 3.26. The summed E-state index contributed by atoms with van der Waals surface area (Å²) >= 11 is 0. The van der Waals surface area contributed by atoms with Gasteiger partial charge in [0.1, 0.15) is 0 Å². The number of ether oxygens (including phenoxy) is 1. The molecule has 1 amide bonds. The zero-order valence-corrected chi connectivity index (χ0v) is 12.3. The highest BCUT2D eigenvalue weighted by molar-refractivity contribution is 5.91. The van der Waals surface area contributed by atoms with Crippen LogP contribution in [-0.2, 0) is 11.3 Å². The highest BCUT2D eigenvalue weighted by atomic mass is 16.5. The van der Waals surface area contributed by atoms with Gasteiger partial charge in [-0.05, 0) is 25.7 Å². The van der Waals surface area contributed by atoms with Crippen LogP contribution in [0.1, 0.15) is 36.2 Å². The van der Waals surface area contributed by atoms with Gasteiger partial charge in [0.25, 0.3) is 5.91 Å². The molecule has 1 atom stereocenters. The number of hydrazine groups is 3. The highest BCUT2D eigenvalue weighted by Gasteiger charge is 2.18. The molecule has 0 aliphatic carbocycles. The third kappa shape index (κ3) is 4.21. The summed E-state index contributed by atoms with van der Waals surface area (Å²) in [4.78, 5) is 12.0. The molecule has 2 aliphatic rings. The van der Waals surface area contributed by atoms with E-state index in [9.17, 15) is 4.79 Å². The van der Waals surface area contributed by atoms with Crippen LogP contribution in [0.15, 0.2) is 6.20 Å². The molecule has 0 aromatic carbocycles. The van der Waals surface area contributed by atoms with Gasteiger partial charge in [-0.15, -0.1) is 5.10 Å². The van der Waals surface area contributed by atoms with Crippen LogP contribution >= 0.6 is 0 Å². The molecule has 10 heteroatoms. The number of amides is 1. The SMILES string of the molecule is O=C(NCCCC1NNNN1)c1cn(CC2CCCO2)nn1. The fourth-order valence-corrected chi connectivity index (χ4v) is 2.51. The Morgan fingerprint density at radius 3 is 3.09 bits per heavy atom. The Balaban J connectivity index is 1.37. The Labute approximate surface area is 128 Å². The molecular weight excluding hydrogens is 288 g/mol. The lowest BCUT2D eigenvalue weighted by Crippen LogP contribution is -2.35. The van der Waals surface area contributed by atoms with E-state index in [0.29, 0.717) is 18.8 Å². The predicted octanol–water partition coefficient (Wildman–Crippen LogP) is -1.59. The van der Waals surface area contributed by atoms with Gasteiger partial charge < -0.3 is 10.1 Å². The van der Waals surface area contributed by atoms with Crippen LogP contribution in [0.5, 0.6) is 0 Å². The van der Waals surface area contributed by atoms with Crippen molar-refractivity contribution in [2.45, 2.75) is 44.5 Å². The summed E-state index contributed by atoms with van der Waals surface area (Å²) in [5.74, 6) is -0.192. The van der Waals surface area contributed by atoms with E-state index in [0.717, 1.165) is 32.3 Å². The summed E-state index contributed by atoms with van der Waals surface area (Å²) < 4.78 is 7.22. The second-order valence-electron chi connectivity index (χ2n) is 5.45. The Morgan fingerprint density at radius 1 is 1.45 bits per heavy atom. The van der Waals surface area contributed by atoms with E-state index in [1.807, 2.05) is 0 Å². The first-order chi connectivity index (χ1) is 10.8. The first kappa shape index (κ1) is 15.3. The minimum atomic E-state index is -0.192. The quantitative estimate of drug-likeness (QED) is 0.383. The average molecular weight is 310 g/mol. The maximum absolute atomic E-state index is 12.0. The van der Waals surface area contributed by atoms with Crippen molar-refractivity contribution in [3.05, 3.63) is 11.9 Å². The molecular formula is C12H22N8O2. The summed E-state index contributed by atoms with van der Waals surface area (Å²) in [6.45, 7) is 2.05. The Kier molecular flexibility index (Phi) is 5.29. The highest BCUT2D eigenvalue weighted by Crippen LogP contribution is 2.13. The minimum Gasteiger partial charge on any atom is -0.376 e. The van der Waals surface area contributed by atoms with Gasteiger partial charge in [-0.1, -0.05) is 5.21 Å². The Morgan fingerprint density at radius 2 is 2.32 bits per heavy atom. The second kappa shape index (κ2) is 7.61. The van der Waals surface area contributed by atoms with Crippen molar-refractivity contribution in [1.29, 1.82) is 0 Å². The second-order valence-corrected chi connectivity index (χ2v) is 5.45. The number of hydrogen-bond donors (Lipinski definition) is 5. The molecule has 2 aliphatic heterocycles. The smallest absolute Gasteiger partial charge is 0.273 e. The normalized spacial score (nSPS) is 22.3. The van der Waals surface area contributed by atoms with Gasteiger partial charge in [-0.3, -0.25) is 4.79 Å². The number of carbonyl (C=O) groups excluding carboxylic acids is 1. The van der Waals surface area contributed by atoms with Gasteiger partial charge in [0.05, 0.1) is 25.0 Å². The molecule has 10 nitrogen and oxygen atoms in total. The Bertz CT molecular complexity index is 481. The van der Waals surface area contributed by atoms with E-state index in [2.05, 4.69) is 37.6 Å². The van der Waals surface area contributed by atoms with Crippen molar-refractivity contribution in [3.63, 3.8) is 0 Å². The lowest BCUT2D eigenvalue weighted by atomic mass is 10.2. The number of rotatable bonds is 7. The maximum atomic E-state index is 12.0. The van der Waals surface area contributed by atoms with E-state index >= 15 is 0 Å². The molecule has 22 heavy (non-hydrogen) atoms. The van der Waals surface area contributed by atoms with Crippen molar-refractivity contribution in [2.24, 2.45) is 0 Å². The molecule has 1 unspecified atom stereocenters. The molecule has 1 aromatic rings. The van der Waals surface area contributed by atoms with Gasteiger partial charge in [0.2, 0.25) is 0 Å². The topological polar surface area (TPSA) is 117 Å². The van der Waals surface area contributed by atoms with Gasteiger partial charge in [-0.25, -0.2) is 15.5 Å². The number of nitrogens with zero attached hydrogens (tertiary/aromatic N) is 3. The first-order valence-corrected chi connectivity index (χ1v) is 7.62. The van der Waals surface area contributed by atoms with E-state index in [1.165, 1.54) is 0 Å². The fraction of sp³-hybridized carbons (Fsp3) is 0.750. The van der Waals surface area contributed by atoms with Gasteiger partial charge in [0, 0.05) is 13.2 Å². The van der Waals surface area contributed by atoms with Crippen LogP contribution < -0.4 is 27.2 Å². The third-order valence-electron chi connectivity index (χ3n) is 3.70. The van der Waals surface area contributed by atoms with E-state index in [-0.39, 0.29) is 18.2 Å². The molecule has 3 rings (SSSR count). The molecule has 0 spiro atoms. The largest absolute Gasteiger partial charge is 0.376 e. The van der Waals surface area contributed by atoms with Gasteiger partial charge in [-0.2, -0.15) is 11.1 Å². The van der Waals surface area contributed by atoms with Crippen molar-refractivity contribution < 1.29 is 9.53 Å². The van der Waals surface area contributed by atoms with Crippen molar-refractivity contribution in [1.82, 2.24) is 42.2 Å². The standard InChI is InChI=1S/C12H22N8O2/c21-12(13-5-1-4-11-15-17-18-16-11)10-8-20(19-14-10)7-9-3-2-6-22-9/h8-9,11,15-18H,1-7H2,(H,13,21). The van der Waals surface area contributed by atoms with Crippen LogP contribution in [0.2, 0.25) is 0 Å². The predicted molar refractivity (Wildman–Crippen MR) is 76.9 cm³/mol. The molecule has 0 saturated carbocycles. The molecule has 3 heterocycles. The lowest BCUT2D eigenvalue weighted by Gasteiger charge is -2.08. The lowest BCUT2D eigenvalue weighted by molar-refractivity contribution is 0.0929. The van der Waals surface area contributed by atoms with Gasteiger partial charge in [0.15, 0.2) is 5.69 Å². The van der Waals surface area contributed by atoms with Crippen molar-refractivity contribution in [2.75, 3.05) is 13.2 Å². The molecule has 122 valence electrons. The fourth-order valence-electron chi connectivity index (χ4n) is 2.51. The molecule has 1 aromatic heterocycles. The van der Waals surface area contributed by atoms with Crippen molar-refractivity contribution >= 4 is 5.91 Å². The third-order valence-corrected chi connectivity index (χ3v) is 3.70. The van der Waals surface area contributed by atoms with Crippen molar-refractivity contribution in [3.8, 4) is 0 Å². The summed E-state index contributed by atoms with van der Waals surface area (Å²) in [6, 6.07) is 0. The summed E-state index contributed by atoms with van der Waals surface area (Å²) in [5, 5.41) is 10.7. The molecule has 0 radical (unpaired) electrons. The van der Waals surface area contributed by atoms with Crippen LogP contribution in [-0.4, -0.2) is 46.3 Å². The monoisotopic (exact) mass is 310 g/mol. The number of nitrogens with one attached hydrogen (secondary N) is 5. The van der Waals surface area contributed by atoms with Gasteiger partial charge >= 0.3 is 0 Å². The molecule has 2 fully saturated rings. The molecule has 0 bridgehead atoms.